The number of aromatic nitrogens is 4. The minimum absolute atomic E-state index is 0.0854. The predicted octanol–water partition coefficient (Wildman–Crippen LogP) is 3.11. The van der Waals surface area contributed by atoms with Crippen LogP contribution in [0.3, 0.4) is 0 Å². The lowest BCUT2D eigenvalue weighted by atomic mass is 10.0. The Morgan fingerprint density at radius 1 is 1.28 bits per heavy atom. The lowest BCUT2D eigenvalue weighted by Gasteiger charge is -2.32. The van der Waals surface area contributed by atoms with E-state index in [1.165, 1.54) is 16.8 Å². The number of pyridine rings is 1. The molecule has 3 aromatic heterocycles. The normalized spacial score (nSPS) is 14.0. The standard InChI is InChI=1S/C22H23N5O2/c1-14(9-21-23-7-5-22(28)26(21)4)15(2)27-8-6-19-18(13-27)10-17(11-25-19)20-12-24-16(3)29-20/h5,7,9-12H,2,6,8,13H2,1,3-4H3/b14-9-. The van der Waals surface area contributed by atoms with Crippen molar-refractivity contribution in [1.82, 2.24) is 24.4 Å². The summed E-state index contributed by atoms with van der Waals surface area (Å²) in [6, 6.07) is 3.56. The van der Waals surface area contributed by atoms with Gasteiger partial charge in [-0.25, -0.2) is 9.97 Å². The van der Waals surface area contributed by atoms with Crippen LogP contribution < -0.4 is 5.56 Å². The van der Waals surface area contributed by atoms with Crippen molar-refractivity contribution in [2.24, 2.45) is 7.05 Å². The number of fused-ring (bicyclic) bond motifs is 1. The van der Waals surface area contributed by atoms with Gasteiger partial charge in [-0.05, 0) is 30.2 Å². The van der Waals surface area contributed by atoms with Gasteiger partial charge < -0.3 is 9.32 Å². The molecule has 4 rings (SSSR count). The summed E-state index contributed by atoms with van der Waals surface area (Å²) in [5.74, 6) is 1.97. The molecule has 0 saturated carbocycles. The monoisotopic (exact) mass is 389 g/mol. The Balaban J connectivity index is 1.57. The molecule has 0 unspecified atom stereocenters. The Hall–Kier alpha value is -3.48. The first-order valence-electron chi connectivity index (χ1n) is 9.47. The molecule has 7 heteroatoms. The Labute approximate surface area is 169 Å². The molecule has 7 nitrogen and oxygen atoms in total. The fourth-order valence-corrected chi connectivity index (χ4v) is 3.44. The first-order chi connectivity index (χ1) is 13.9. The lowest BCUT2D eigenvalue weighted by molar-refractivity contribution is 0.326. The van der Waals surface area contributed by atoms with Crippen LogP contribution in [0.25, 0.3) is 17.4 Å². The number of aryl methyl sites for hydroxylation is 1. The molecule has 4 heterocycles. The van der Waals surface area contributed by atoms with Gasteiger partial charge >= 0.3 is 0 Å². The molecule has 148 valence electrons. The predicted molar refractivity (Wildman–Crippen MR) is 111 cm³/mol. The van der Waals surface area contributed by atoms with Crippen LogP contribution in [0.2, 0.25) is 0 Å². The minimum Gasteiger partial charge on any atom is -0.441 e. The summed E-state index contributed by atoms with van der Waals surface area (Å²) in [5.41, 5.74) is 4.97. The summed E-state index contributed by atoms with van der Waals surface area (Å²) in [6.07, 6.45) is 7.84. The largest absolute Gasteiger partial charge is 0.441 e. The molecule has 0 amide bonds. The van der Waals surface area contributed by atoms with E-state index in [0.29, 0.717) is 18.3 Å². The maximum absolute atomic E-state index is 11.8. The second-order valence-electron chi connectivity index (χ2n) is 7.22. The molecule has 0 radical (unpaired) electrons. The molecule has 0 N–H and O–H groups in total. The van der Waals surface area contributed by atoms with Crippen LogP contribution in [0, 0.1) is 6.92 Å². The second-order valence-corrected chi connectivity index (χ2v) is 7.22. The molecule has 1 aliphatic rings. The molecule has 29 heavy (non-hydrogen) atoms. The molecule has 0 fully saturated rings. The van der Waals surface area contributed by atoms with Gasteiger partial charge in [-0.3, -0.25) is 14.3 Å². The van der Waals surface area contributed by atoms with E-state index in [2.05, 4.69) is 32.5 Å². The van der Waals surface area contributed by atoms with E-state index in [9.17, 15) is 4.79 Å². The van der Waals surface area contributed by atoms with E-state index in [1.54, 1.807) is 13.2 Å². The molecular formula is C22H23N5O2. The number of nitrogens with zero attached hydrogens (tertiary/aromatic N) is 5. The molecule has 0 aliphatic carbocycles. The van der Waals surface area contributed by atoms with Gasteiger partial charge in [0.25, 0.3) is 5.56 Å². The highest BCUT2D eigenvalue weighted by Crippen LogP contribution is 2.28. The molecule has 0 atom stereocenters. The zero-order valence-corrected chi connectivity index (χ0v) is 16.8. The summed E-state index contributed by atoms with van der Waals surface area (Å²) in [7, 11) is 1.72. The summed E-state index contributed by atoms with van der Waals surface area (Å²) in [6.45, 7) is 9.65. The van der Waals surface area contributed by atoms with E-state index in [0.717, 1.165) is 46.8 Å². The zero-order chi connectivity index (χ0) is 20.5. The van der Waals surface area contributed by atoms with Crippen molar-refractivity contribution >= 4 is 6.08 Å². The molecule has 0 aromatic carbocycles. The SMILES string of the molecule is C=C(/C(C)=C\c1nccc(=O)n1C)N1CCc2ncc(-c3cnc(C)o3)cc2C1. The smallest absolute Gasteiger partial charge is 0.253 e. The third-order valence-electron chi connectivity index (χ3n) is 5.23. The number of rotatable bonds is 4. The third-order valence-corrected chi connectivity index (χ3v) is 5.23. The van der Waals surface area contributed by atoms with Crippen LogP contribution in [0.5, 0.6) is 0 Å². The number of hydrogen-bond donors (Lipinski definition) is 0. The average molecular weight is 389 g/mol. The van der Waals surface area contributed by atoms with Crippen molar-refractivity contribution in [3.8, 4) is 11.3 Å². The highest BCUT2D eigenvalue weighted by molar-refractivity contribution is 5.57. The number of allylic oxidation sites excluding steroid dienone is 1. The van der Waals surface area contributed by atoms with Gasteiger partial charge in [-0.2, -0.15) is 0 Å². The van der Waals surface area contributed by atoms with Crippen LogP contribution in [0.1, 0.15) is 29.9 Å². The molecule has 0 bridgehead atoms. The van der Waals surface area contributed by atoms with Gasteiger partial charge in [-0.1, -0.05) is 6.58 Å². The highest BCUT2D eigenvalue weighted by atomic mass is 16.4. The van der Waals surface area contributed by atoms with E-state index < -0.39 is 0 Å². The van der Waals surface area contributed by atoms with E-state index in [1.807, 2.05) is 26.1 Å². The summed E-state index contributed by atoms with van der Waals surface area (Å²) in [5, 5.41) is 0. The molecular weight excluding hydrogens is 366 g/mol. The third kappa shape index (κ3) is 3.76. The topological polar surface area (TPSA) is 77.1 Å². The molecule has 0 saturated heterocycles. The Morgan fingerprint density at radius 3 is 2.86 bits per heavy atom. The van der Waals surface area contributed by atoms with Crippen LogP contribution in [0.15, 0.2) is 57.8 Å². The van der Waals surface area contributed by atoms with Crippen molar-refractivity contribution < 1.29 is 4.42 Å². The number of hydrogen-bond acceptors (Lipinski definition) is 6. The first kappa shape index (κ1) is 18.9. The Bertz CT molecular complexity index is 1170. The Kier molecular flexibility index (Phi) is 4.88. The van der Waals surface area contributed by atoms with Crippen molar-refractivity contribution in [1.29, 1.82) is 0 Å². The van der Waals surface area contributed by atoms with Crippen LogP contribution in [-0.4, -0.2) is 31.0 Å². The summed E-state index contributed by atoms with van der Waals surface area (Å²) >= 11 is 0. The molecule has 3 aromatic rings. The van der Waals surface area contributed by atoms with Crippen molar-refractivity contribution in [3.05, 3.63) is 81.9 Å². The molecule has 1 aliphatic heterocycles. The maximum Gasteiger partial charge on any atom is 0.253 e. The van der Waals surface area contributed by atoms with Gasteiger partial charge in [0, 0.05) is 68.9 Å². The quantitative estimate of drug-likeness (QED) is 0.638. The zero-order valence-electron chi connectivity index (χ0n) is 16.8. The van der Waals surface area contributed by atoms with Crippen LogP contribution >= 0.6 is 0 Å². The van der Waals surface area contributed by atoms with Crippen molar-refractivity contribution in [2.45, 2.75) is 26.8 Å². The summed E-state index contributed by atoms with van der Waals surface area (Å²) in [4.78, 5) is 27.1. The van der Waals surface area contributed by atoms with E-state index in [4.69, 9.17) is 4.42 Å². The molecule has 0 spiro atoms. The highest BCUT2D eigenvalue weighted by Gasteiger charge is 2.20. The Morgan fingerprint density at radius 2 is 2.10 bits per heavy atom. The fourth-order valence-electron chi connectivity index (χ4n) is 3.44. The lowest BCUT2D eigenvalue weighted by Crippen LogP contribution is -2.30. The van der Waals surface area contributed by atoms with Crippen LogP contribution in [-0.2, 0) is 20.0 Å². The maximum atomic E-state index is 11.8. The number of oxazole rings is 1. The summed E-state index contributed by atoms with van der Waals surface area (Å²) < 4.78 is 7.16. The first-order valence-corrected chi connectivity index (χ1v) is 9.47. The van der Waals surface area contributed by atoms with E-state index in [-0.39, 0.29) is 5.56 Å². The van der Waals surface area contributed by atoms with Gasteiger partial charge in [0.2, 0.25) is 0 Å². The minimum atomic E-state index is -0.0854. The van der Waals surface area contributed by atoms with E-state index >= 15 is 0 Å². The fraction of sp³-hybridized carbons (Fsp3) is 0.273. The van der Waals surface area contributed by atoms with Gasteiger partial charge in [-0.15, -0.1) is 0 Å². The second kappa shape index (κ2) is 7.50. The van der Waals surface area contributed by atoms with Gasteiger partial charge in [0.1, 0.15) is 5.82 Å². The van der Waals surface area contributed by atoms with Crippen molar-refractivity contribution in [2.75, 3.05) is 6.54 Å². The van der Waals surface area contributed by atoms with Crippen LogP contribution in [0.4, 0.5) is 0 Å². The average Bonchev–Trinajstić information content (AvgIpc) is 3.16. The van der Waals surface area contributed by atoms with Gasteiger partial charge in [0.15, 0.2) is 11.7 Å². The van der Waals surface area contributed by atoms with Gasteiger partial charge in [0.05, 0.1) is 6.20 Å². The van der Waals surface area contributed by atoms with Crippen molar-refractivity contribution in [3.63, 3.8) is 0 Å².